The highest BCUT2D eigenvalue weighted by Crippen LogP contribution is 2.42. The molecule has 0 saturated carbocycles. The highest BCUT2D eigenvalue weighted by atomic mass is 15.1. The van der Waals surface area contributed by atoms with Gasteiger partial charge < -0.3 is 14.0 Å². The summed E-state index contributed by atoms with van der Waals surface area (Å²) in [4.78, 5) is 2.40. The second kappa shape index (κ2) is 12.7. The summed E-state index contributed by atoms with van der Waals surface area (Å²) in [7, 11) is 0. The molecule has 0 aliphatic rings. The molecule has 0 amide bonds. The average molecular weight is 694 g/mol. The molecule has 0 saturated heterocycles. The minimum atomic E-state index is 1.11. The van der Waals surface area contributed by atoms with Crippen LogP contribution in [0, 0.1) is 20.8 Å². The molecule has 10 rings (SSSR count). The molecule has 0 unspecified atom stereocenters. The van der Waals surface area contributed by atoms with Crippen LogP contribution < -0.4 is 4.90 Å². The molecule has 0 aliphatic heterocycles. The Balaban J connectivity index is 1.14. The zero-order chi connectivity index (χ0) is 36.3. The quantitative estimate of drug-likeness (QED) is 0.169. The SMILES string of the molecule is Cc1ccccc1-c1cc(-n2c3ccccc3c3cc(N(c4ccc(-n5c6ccccc6c6ccccc65)cc4)c4ccccc4C)ccc32)ccc1C. The van der Waals surface area contributed by atoms with Crippen molar-refractivity contribution >= 4 is 60.7 Å². The molecule has 3 nitrogen and oxygen atoms in total. The van der Waals surface area contributed by atoms with Gasteiger partial charge in [0.05, 0.1) is 22.1 Å². The van der Waals surface area contributed by atoms with E-state index in [1.165, 1.54) is 71.4 Å². The molecule has 0 aliphatic carbocycles. The maximum absolute atomic E-state index is 2.42. The molecule has 258 valence electrons. The van der Waals surface area contributed by atoms with E-state index in [2.05, 4.69) is 217 Å². The van der Waals surface area contributed by atoms with Gasteiger partial charge in [0.15, 0.2) is 0 Å². The molecule has 8 aromatic carbocycles. The fourth-order valence-electron chi connectivity index (χ4n) is 8.49. The third-order valence-corrected chi connectivity index (χ3v) is 11.1. The number of aryl methyl sites for hydroxylation is 3. The van der Waals surface area contributed by atoms with Gasteiger partial charge in [-0.25, -0.2) is 0 Å². The van der Waals surface area contributed by atoms with Gasteiger partial charge in [0.1, 0.15) is 0 Å². The summed E-state index contributed by atoms with van der Waals surface area (Å²) < 4.78 is 4.80. The molecule has 0 radical (unpaired) electrons. The molecular formula is C51H39N3. The first kappa shape index (κ1) is 31.9. The van der Waals surface area contributed by atoms with E-state index < -0.39 is 0 Å². The Hall–Kier alpha value is -6.84. The summed E-state index contributed by atoms with van der Waals surface area (Å²) in [6.45, 7) is 6.60. The van der Waals surface area contributed by atoms with Crippen LogP contribution in [0.15, 0.2) is 182 Å². The van der Waals surface area contributed by atoms with Crippen molar-refractivity contribution in [3.05, 3.63) is 199 Å². The van der Waals surface area contributed by atoms with Crippen LogP contribution in [0.4, 0.5) is 17.1 Å². The molecule has 2 heterocycles. The smallest absolute Gasteiger partial charge is 0.0542 e. The van der Waals surface area contributed by atoms with E-state index in [0.29, 0.717) is 0 Å². The summed E-state index contributed by atoms with van der Waals surface area (Å²) in [5, 5.41) is 4.99. The van der Waals surface area contributed by atoms with Crippen molar-refractivity contribution in [2.75, 3.05) is 4.90 Å². The van der Waals surface area contributed by atoms with Crippen molar-refractivity contribution in [2.24, 2.45) is 0 Å². The fourth-order valence-corrected chi connectivity index (χ4v) is 8.49. The fraction of sp³-hybridized carbons (Fsp3) is 0.0588. The minimum Gasteiger partial charge on any atom is -0.310 e. The molecular weight excluding hydrogens is 655 g/mol. The first-order valence-corrected chi connectivity index (χ1v) is 18.7. The lowest BCUT2D eigenvalue weighted by Gasteiger charge is -2.27. The predicted molar refractivity (Wildman–Crippen MR) is 229 cm³/mol. The summed E-state index contributed by atoms with van der Waals surface area (Å²) in [6.07, 6.45) is 0. The number of fused-ring (bicyclic) bond motifs is 6. The standard InChI is InChI=1S/C51H39N3/c1-34-14-4-6-16-41(34)45-32-40(25-24-35(45)2)54-50-23-13-9-19-44(50)46-33-39(30-31-51(46)54)52(47-20-10-5-15-36(47)3)37-26-28-38(29-27-37)53-48-21-11-7-17-42(48)43-18-8-12-22-49(43)53/h4-33H,1-3H3. The van der Waals surface area contributed by atoms with Crippen molar-refractivity contribution < 1.29 is 0 Å². The minimum absolute atomic E-state index is 1.11. The van der Waals surface area contributed by atoms with Gasteiger partial charge in [-0.1, -0.05) is 103 Å². The number of rotatable bonds is 6. The van der Waals surface area contributed by atoms with Crippen molar-refractivity contribution in [1.82, 2.24) is 9.13 Å². The van der Waals surface area contributed by atoms with E-state index in [1.807, 2.05) is 0 Å². The van der Waals surface area contributed by atoms with Crippen LogP contribution in [-0.4, -0.2) is 9.13 Å². The third kappa shape index (κ3) is 5.04. The van der Waals surface area contributed by atoms with Crippen molar-refractivity contribution in [3.63, 3.8) is 0 Å². The largest absolute Gasteiger partial charge is 0.310 e. The Morgan fingerprint density at radius 3 is 1.46 bits per heavy atom. The molecule has 0 bridgehead atoms. The van der Waals surface area contributed by atoms with Crippen LogP contribution in [-0.2, 0) is 0 Å². The lowest BCUT2D eigenvalue weighted by Crippen LogP contribution is -2.11. The third-order valence-electron chi connectivity index (χ3n) is 11.1. The van der Waals surface area contributed by atoms with E-state index in [1.54, 1.807) is 0 Å². The molecule has 10 aromatic rings. The predicted octanol–water partition coefficient (Wildman–Crippen LogP) is 13.9. The number of nitrogens with zero attached hydrogens (tertiary/aromatic N) is 3. The second-order valence-electron chi connectivity index (χ2n) is 14.4. The van der Waals surface area contributed by atoms with Gasteiger partial charge in [-0.05, 0) is 127 Å². The van der Waals surface area contributed by atoms with Gasteiger partial charge in [0.2, 0.25) is 0 Å². The topological polar surface area (TPSA) is 13.1 Å². The number of hydrogen-bond acceptors (Lipinski definition) is 1. The lowest BCUT2D eigenvalue weighted by molar-refractivity contribution is 1.17. The van der Waals surface area contributed by atoms with Crippen LogP contribution in [0.25, 0.3) is 66.1 Å². The van der Waals surface area contributed by atoms with Gasteiger partial charge in [-0.15, -0.1) is 0 Å². The molecule has 0 N–H and O–H groups in total. The van der Waals surface area contributed by atoms with Crippen molar-refractivity contribution in [1.29, 1.82) is 0 Å². The van der Waals surface area contributed by atoms with Gasteiger partial charge in [-0.2, -0.15) is 0 Å². The monoisotopic (exact) mass is 693 g/mol. The Kier molecular flexibility index (Phi) is 7.48. The van der Waals surface area contributed by atoms with E-state index in [9.17, 15) is 0 Å². The summed E-state index contributed by atoms with van der Waals surface area (Å²) in [5.74, 6) is 0. The Morgan fingerprint density at radius 2 is 0.815 bits per heavy atom. The highest BCUT2D eigenvalue weighted by Gasteiger charge is 2.20. The number of anilines is 3. The number of hydrogen-bond donors (Lipinski definition) is 0. The van der Waals surface area contributed by atoms with Crippen LogP contribution in [0.5, 0.6) is 0 Å². The summed E-state index contributed by atoms with van der Waals surface area (Å²) in [5.41, 5.74) is 16.8. The van der Waals surface area contributed by atoms with E-state index >= 15 is 0 Å². The van der Waals surface area contributed by atoms with Crippen LogP contribution in [0.1, 0.15) is 16.7 Å². The highest BCUT2D eigenvalue weighted by molar-refractivity contribution is 6.11. The number of aromatic nitrogens is 2. The Morgan fingerprint density at radius 1 is 0.333 bits per heavy atom. The van der Waals surface area contributed by atoms with Crippen molar-refractivity contribution in [2.45, 2.75) is 20.8 Å². The lowest BCUT2D eigenvalue weighted by atomic mass is 9.96. The number of para-hydroxylation sites is 4. The summed E-state index contributed by atoms with van der Waals surface area (Å²) in [6, 6.07) is 66.4. The average Bonchev–Trinajstić information content (AvgIpc) is 3.72. The second-order valence-corrected chi connectivity index (χ2v) is 14.4. The Labute approximate surface area is 315 Å². The van der Waals surface area contributed by atoms with Crippen molar-refractivity contribution in [3.8, 4) is 22.5 Å². The number of benzene rings is 8. The first-order valence-electron chi connectivity index (χ1n) is 18.7. The van der Waals surface area contributed by atoms with Crippen LogP contribution in [0.2, 0.25) is 0 Å². The van der Waals surface area contributed by atoms with E-state index in [4.69, 9.17) is 0 Å². The van der Waals surface area contributed by atoms with Gasteiger partial charge >= 0.3 is 0 Å². The molecule has 0 spiro atoms. The molecule has 54 heavy (non-hydrogen) atoms. The maximum atomic E-state index is 2.42. The van der Waals surface area contributed by atoms with E-state index in [0.717, 1.165) is 28.4 Å². The normalized spacial score (nSPS) is 11.6. The molecule has 0 fully saturated rings. The van der Waals surface area contributed by atoms with Crippen LogP contribution in [0.3, 0.4) is 0 Å². The molecule has 0 atom stereocenters. The Bertz CT molecular complexity index is 2980. The molecule has 2 aromatic heterocycles. The van der Waals surface area contributed by atoms with E-state index in [-0.39, 0.29) is 0 Å². The van der Waals surface area contributed by atoms with Gasteiger partial charge in [0.25, 0.3) is 0 Å². The first-order chi connectivity index (χ1) is 26.5. The summed E-state index contributed by atoms with van der Waals surface area (Å²) >= 11 is 0. The zero-order valence-electron chi connectivity index (χ0n) is 30.7. The molecule has 3 heteroatoms. The van der Waals surface area contributed by atoms with Gasteiger partial charge in [0, 0.05) is 50.0 Å². The van der Waals surface area contributed by atoms with Crippen LogP contribution >= 0.6 is 0 Å². The van der Waals surface area contributed by atoms with Gasteiger partial charge in [-0.3, -0.25) is 0 Å². The zero-order valence-corrected chi connectivity index (χ0v) is 30.7. The maximum Gasteiger partial charge on any atom is 0.0542 e.